The fraction of sp³-hybridized carbons (Fsp3) is 0.111. The highest BCUT2D eigenvalue weighted by Gasteiger charge is 2.32. The van der Waals surface area contributed by atoms with Gasteiger partial charge in [0, 0.05) is 5.56 Å². The average Bonchev–Trinajstić information content (AvgIpc) is 3.57. The van der Waals surface area contributed by atoms with E-state index in [9.17, 15) is 27.2 Å². The Bertz CT molecular complexity index is 1690. The van der Waals surface area contributed by atoms with Crippen molar-refractivity contribution in [1.29, 1.82) is 0 Å². The smallest absolute Gasteiger partial charge is 0.406 e. The van der Waals surface area contributed by atoms with Crippen LogP contribution in [0.5, 0.6) is 5.75 Å². The second-order valence-corrected chi connectivity index (χ2v) is 9.66. The number of anilines is 1. The van der Waals surface area contributed by atoms with Gasteiger partial charge in [-0.2, -0.15) is 10.1 Å². The van der Waals surface area contributed by atoms with E-state index in [0.717, 1.165) is 22.2 Å². The van der Waals surface area contributed by atoms with Gasteiger partial charge in [-0.1, -0.05) is 42.1 Å². The molecule has 3 amide bonds. The van der Waals surface area contributed by atoms with E-state index in [1.54, 1.807) is 37.3 Å². The molecule has 4 aromatic rings. The van der Waals surface area contributed by atoms with E-state index in [2.05, 4.69) is 30.3 Å². The summed E-state index contributed by atoms with van der Waals surface area (Å²) in [7, 11) is 0. The van der Waals surface area contributed by atoms with Crippen molar-refractivity contribution in [3.63, 3.8) is 0 Å². The number of hydrogen-bond acceptors (Lipinski definition) is 7. The third-order valence-electron chi connectivity index (χ3n) is 5.67. The van der Waals surface area contributed by atoms with Crippen molar-refractivity contribution >= 4 is 40.8 Å². The molecule has 5 rings (SSSR count). The van der Waals surface area contributed by atoms with Crippen molar-refractivity contribution in [2.24, 2.45) is 10.1 Å². The molecule has 15 heteroatoms. The van der Waals surface area contributed by atoms with Crippen molar-refractivity contribution in [2.75, 3.05) is 10.7 Å². The zero-order valence-electron chi connectivity index (χ0n) is 21.5. The number of aryl methyl sites for hydroxylation is 1. The maximum Gasteiger partial charge on any atom is 0.573 e. The highest BCUT2D eigenvalue weighted by molar-refractivity contribution is 8.15. The SMILES string of the molecule is Cc1ccc(F)c(N2C(=O)CSC2=NC(=O)N/N=C/c2ccc(-c3ncn(-c4ccc(OC(F)(F)F)cc4)n3)cc2)c1. The van der Waals surface area contributed by atoms with Crippen LogP contribution in [0.25, 0.3) is 17.1 Å². The van der Waals surface area contributed by atoms with Crippen LogP contribution in [0.1, 0.15) is 11.1 Å². The molecular weight excluding hydrogens is 578 g/mol. The molecule has 3 aromatic carbocycles. The predicted octanol–water partition coefficient (Wildman–Crippen LogP) is 5.46. The molecule has 1 aliphatic rings. The summed E-state index contributed by atoms with van der Waals surface area (Å²) >= 11 is 1.02. The van der Waals surface area contributed by atoms with E-state index in [1.807, 2.05) is 0 Å². The van der Waals surface area contributed by atoms with E-state index in [0.29, 0.717) is 22.6 Å². The monoisotopic (exact) mass is 597 g/mol. The van der Waals surface area contributed by atoms with E-state index >= 15 is 0 Å². The Morgan fingerprint density at radius 1 is 1.10 bits per heavy atom. The number of amidine groups is 1. The molecule has 0 spiro atoms. The van der Waals surface area contributed by atoms with Gasteiger partial charge in [0.2, 0.25) is 5.91 Å². The lowest BCUT2D eigenvalue weighted by Crippen LogP contribution is -2.31. The number of carbonyl (C=O) groups excluding carboxylic acids is 2. The number of rotatable bonds is 6. The van der Waals surface area contributed by atoms with E-state index < -0.39 is 24.1 Å². The lowest BCUT2D eigenvalue weighted by atomic mass is 10.1. The van der Waals surface area contributed by atoms with Crippen LogP contribution < -0.4 is 15.1 Å². The van der Waals surface area contributed by atoms with Gasteiger partial charge in [0.1, 0.15) is 17.9 Å². The van der Waals surface area contributed by atoms with Crippen LogP contribution in [0.2, 0.25) is 0 Å². The number of thioether (sulfide) groups is 1. The number of amides is 3. The fourth-order valence-electron chi connectivity index (χ4n) is 3.79. The van der Waals surface area contributed by atoms with E-state index in [1.165, 1.54) is 53.6 Å². The summed E-state index contributed by atoms with van der Waals surface area (Å²) in [5.41, 5.74) is 4.79. The Balaban J connectivity index is 1.20. The minimum Gasteiger partial charge on any atom is -0.406 e. The minimum atomic E-state index is -4.78. The second-order valence-electron chi connectivity index (χ2n) is 8.72. The highest BCUT2D eigenvalue weighted by atomic mass is 32.2. The first-order valence-electron chi connectivity index (χ1n) is 12.1. The first kappa shape index (κ1) is 28.5. The molecule has 0 atom stereocenters. The lowest BCUT2D eigenvalue weighted by molar-refractivity contribution is -0.274. The summed E-state index contributed by atoms with van der Waals surface area (Å²) in [5, 5.41) is 8.26. The average molecular weight is 598 g/mol. The summed E-state index contributed by atoms with van der Waals surface area (Å²) in [4.78, 5) is 33.8. The summed E-state index contributed by atoms with van der Waals surface area (Å²) in [6.45, 7) is 1.76. The van der Waals surface area contributed by atoms with Crippen LogP contribution in [-0.2, 0) is 4.79 Å². The number of hydrazone groups is 1. The van der Waals surface area contributed by atoms with Crippen LogP contribution >= 0.6 is 11.8 Å². The van der Waals surface area contributed by atoms with Gasteiger partial charge in [-0.25, -0.2) is 24.3 Å². The molecule has 2 heterocycles. The number of halogens is 4. The molecule has 1 fully saturated rings. The van der Waals surface area contributed by atoms with E-state index in [4.69, 9.17) is 0 Å². The van der Waals surface area contributed by atoms with Crippen molar-refractivity contribution in [2.45, 2.75) is 13.3 Å². The second kappa shape index (κ2) is 11.8. The normalized spacial score (nSPS) is 14.6. The van der Waals surface area contributed by atoms with Crippen LogP contribution in [-0.4, -0.2) is 50.2 Å². The van der Waals surface area contributed by atoms with Gasteiger partial charge in [0.15, 0.2) is 11.0 Å². The third kappa shape index (κ3) is 6.80. The van der Waals surface area contributed by atoms with Gasteiger partial charge in [-0.05, 0) is 54.4 Å². The Kier molecular flexibility index (Phi) is 8.01. The molecule has 0 saturated carbocycles. The molecule has 0 radical (unpaired) electrons. The molecule has 1 aromatic heterocycles. The number of ether oxygens (including phenoxy) is 1. The maximum absolute atomic E-state index is 14.3. The first-order valence-corrected chi connectivity index (χ1v) is 13.1. The fourth-order valence-corrected chi connectivity index (χ4v) is 4.65. The predicted molar refractivity (Wildman–Crippen MR) is 148 cm³/mol. The zero-order valence-corrected chi connectivity index (χ0v) is 22.4. The topological polar surface area (TPSA) is 114 Å². The number of hydrogen-bond donors (Lipinski definition) is 1. The maximum atomic E-state index is 14.3. The number of alkyl halides is 3. The first-order chi connectivity index (χ1) is 20.1. The van der Waals surface area contributed by atoms with Crippen molar-refractivity contribution in [3.05, 3.63) is 90.0 Å². The van der Waals surface area contributed by atoms with Crippen LogP contribution in [0.15, 0.2) is 83.2 Å². The molecule has 10 nitrogen and oxygen atoms in total. The Morgan fingerprint density at radius 2 is 1.83 bits per heavy atom. The van der Waals surface area contributed by atoms with Gasteiger partial charge in [-0.3, -0.25) is 9.69 Å². The van der Waals surface area contributed by atoms with Gasteiger partial charge in [0.25, 0.3) is 0 Å². The molecular formula is C27H19F4N7O3S. The van der Waals surface area contributed by atoms with Crippen LogP contribution in [0, 0.1) is 12.7 Å². The Morgan fingerprint density at radius 3 is 2.55 bits per heavy atom. The summed E-state index contributed by atoms with van der Waals surface area (Å²) < 4.78 is 56.7. The largest absolute Gasteiger partial charge is 0.573 e. The number of nitrogens with one attached hydrogen (secondary N) is 1. The number of aromatic nitrogens is 3. The number of aliphatic imine (C=N–C) groups is 1. The molecule has 42 heavy (non-hydrogen) atoms. The number of carbonyl (C=O) groups is 2. The molecule has 1 N–H and O–H groups in total. The third-order valence-corrected chi connectivity index (χ3v) is 6.60. The van der Waals surface area contributed by atoms with Gasteiger partial charge < -0.3 is 4.74 Å². The molecule has 0 unspecified atom stereocenters. The number of urea groups is 1. The quantitative estimate of drug-likeness (QED) is 0.179. The van der Waals surface area contributed by atoms with Gasteiger partial charge >= 0.3 is 12.4 Å². The molecule has 1 saturated heterocycles. The zero-order chi connectivity index (χ0) is 29.9. The van der Waals surface area contributed by atoms with Crippen LogP contribution in [0.4, 0.5) is 28.0 Å². The standard InChI is InChI=1S/C27H19F4N7O3S/c1-16-2-11-21(28)22(12-16)38-23(39)14-42-26(38)34-25(40)35-33-13-17-3-5-18(6-4-17)24-32-15-37(36-24)19-7-9-20(10-8-19)41-27(29,30)31/h2-13,15H,14H2,1H3,(H,35,40)/b33-13+,34-26?. The minimum absolute atomic E-state index is 0.0193. The Hall–Kier alpha value is -5.05. The van der Waals surface area contributed by atoms with E-state index in [-0.39, 0.29) is 22.4 Å². The van der Waals surface area contributed by atoms with Gasteiger partial charge in [0.05, 0.1) is 23.3 Å². The molecule has 1 aliphatic heterocycles. The number of nitrogens with zero attached hydrogens (tertiary/aromatic N) is 6. The van der Waals surface area contributed by atoms with Crippen LogP contribution in [0.3, 0.4) is 0 Å². The van der Waals surface area contributed by atoms with Crippen molar-refractivity contribution in [3.8, 4) is 22.8 Å². The van der Waals surface area contributed by atoms with Crippen molar-refractivity contribution < 1.29 is 31.9 Å². The Labute approximate surface area is 239 Å². The highest BCUT2D eigenvalue weighted by Crippen LogP contribution is 2.30. The molecule has 0 bridgehead atoms. The summed E-state index contributed by atoms with van der Waals surface area (Å²) in [5.74, 6) is -0.962. The molecule has 0 aliphatic carbocycles. The van der Waals surface area contributed by atoms with Crippen molar-refractivity contribution in [1.82, 2.24) is 20.2 Å². The number of benzene rings is 3. The summed E-state index contributed by atoms with van der Waals surface area (Å²) in [6, 6.07) is 15.5. The summed E-state index contributed by atoms with van der Waals surface area (Å²) in [6.07, 6.45) is -1.98. The van der Waals surface area contributed by atoms with Gasteiger partial charge in [-0.15, -0.1) is 18.3 Å². The lowest BCUT2D eigenvalue weighted by Gasteiger charge is -2.17. The molecule has 214 valence electrons.